The zero-order valence-electron chi connectivity index (χ0n) is 10.1. The predicted octanol–water partition coefficient (Wildman–Crippen LogP) is -1.68. The first-order valence-corrected chi connectivity index (χ1v) is 6.34. The van der Waals surface area contributed by atoms with Crippen molar-refractivity contribution >= 4 is 16.8 Å². The first-order valence-electron chi connectivity index (χ1n) is 5.20. The Morgan fingerprint density at radius 1 is 1.28 bits per heavy atom. The van der Waals surface area contributed by atoms with E-state index < -0.39 is 22.0 Å². The number of hydrogen-bond acceptors (Lipinski definition) is 5. The van der Waals surface area contributed by atoms with Crippen LogP contribution in [0.25, 0.3) is 0 Å². The maximum atomic E-state index is 11.5. The summed E-state index contributed by atoms with van der Waals surface area (Å²) in [5, 5.41) is -0.445. The number of nitrogens with zero attached hydrogens (tertiary/aromatic N) is 1. The monoisotopic (exact) mass is 277 g/mol. The SMILES string of the molecule is O=C(OCc1ccccc1)N1CC([S-](=O)=O)C1.[Na+]. The second-order valence-corrected chi connectivity index (χ2v) is 5.02. The first kappa shape index (κ1) is 15.5. The van der Waals surface area contributed by atoms with Crippen molar-refractivity contribution in [2.45, 2.75) is 11.9 Å². The fourth-order valence-electron chi connectivity index (χ4n) is 1.52. The molecule has 1 aliphatic rings. The van der Waals surface area contributed by atoms with Gasteiger partial charge in [0.25, 0.3) is 0 Å². The maximum Gasteiger partial charge on any atom is 1.00 e. The van der Waals surface area contributed by atoms with E-state index in [0.717, 1.165) is 5.56 Å². The first-order chi connectivity index (χ1) is 8.16. The Bertz CT molecular complexity index is 463. The number of carbonyl (C=O) groups is 1. The molecule has 92 valence electrons. The maximum absolute atomic E-state index is 11.5. The molecule has 0 saturated carbocycles. The Labute approximate surface area is 129 Å². The Morgan fingerprint density at radius 2 is 1.89 bits per heavy atom. The molecule has 18 heavy (non-hydrogen) atoms. The van der Waals surface area contributed by atoms with Crippen LogP contribution in [0.15, 0.2) is 30.3 Å². The van der Waals surface area contributed by atoms with E-state index in [0.29, 0.717) is 0 Å². The summed E-state index contributed by atoms with van der Waals surface area (Å²) < 4.78 is 26.1. The van der Waals surface area contributed by atoms with Gasteiger partial charge in [0.05, 0.1) is 0 Å². The molecule has 7 heteroatoms. The van der Waals surface area contributed by atoms with Crippen LogP contribution in [0.4, 0.5) is 4.79 Å². The summed E-state index contributed by atoms with van der Waals surface area (Å²) in [5.74, 6) is 0. The topological polar surface area (TPSA) is 63.7 Å². The van der Waals surface area contributed by atoms with Crippen LogP contribution in [-0.4, -0.2) is 29.3 Å². The van der Waals surface area contributed by atoms with Crippen LogP contribution in [0.1, 0.15) is 5.56 Å². The van der Waals surface area contributed by atoms with Crippen LogP contribution < -0.4 is 29.6 Å². The molecule has 0 N–H and O–H groups in total. The minimum absolute atomic E-state index is 0. The smallest absolute Gasteiger partial charge is 0.445 e. The normalized spacial score (nSPS) is 14.8. The number of carbonyl (C=O) groups excluding carboxylic acids is 1. The molecule has 0 bridgehead atoms. The van der Waals surface area contributed by atoms with E-state index in [4.69, 9.17) is 4.74 Å². The van der Waals surface area contributed by atoms with Crippen molar-refractivity contribution in [3.63, 3.8) is 0 Å². The van der Waals surface area contributed by atoms with Crippen LogP contribution in [0.2, 0.25) is 0 Å². The van der Waals surface area contributed by atoms with E-state index in [1.165, 1.54) is 4.90 Å². The van der Waals surface area contributed by atoms with Gasteiger partial charge in [-0.1, -0.05) is 41.0 Å². The van der Waals surface area contributed by atoms with Gasteiger partial charge in [0.2, 0.25) is 0 Å². The van der Waals surface area contributed by atoms with Gasteiger partial charge in [-0.2, -0.15) is 0 Å². The summed E-state index contributed by atoms with van der Waals surface area (Å²) in [6, 6.07) is 9.33. The van der Waals surface area contributed by atoms with Crippen molar-refractivity contribution in [3.8, 4) is 0 Å². The quantitative estimate of drug-likeness (QED) is 0.489. The second kappa shape index (κ2) is 7.13. The molecular weight excluding hydrogens is 265 g/mol. The van der Waals surface area contributed by atoms with Gasteiger partial charge < -0.3 is 18.1 Å². The van der Waals surface area contributed by atoms with Gasteiger partial charge in [-0.3, -0.25) is 0 Å². The Kier molecular flexibility index (Phi) is 6.14. The summed E-state index contributed by atoms with van der Waals surface area (Å²) in [5.41, 5.74) is 0.908. The predicted molar refractivity (Wildman–Crippen MR) is 60.7 cm³/mol. The van der Waals surface area contributed by atoms with Crippen molar-refractivity contribution in [1.29, 1.82) is 0 Å². The second-order valence-electron chi connectivity index (χ2n) is 3.83. The number of rotatable bonds is 3. The average molecular weight is 277 g/mol. The molecule has 1 amide bonds. The third-order valence-corrected chi connectivity index (χ3v) is 3.43. The molecule has 0 aliphatic carbocycles. The molecule has 1 heterocycles. The molecule has 0 aromatic heterocycles. The summed E-state index contributed by atoms with van der Waals surface area (Å²) >= 11 is 0. The zero-order chi connectivity index (χ0) is 12.3. The Morgan fingerprint density at radius 3 is 2.44 bits per heavy atom. The van der Waals surface area contributed by atoms with Crippen molar-refractivity contribution < 1.29 is 47.5 Å². The van der Waals surface area contributed by atoms with E-state index in [9.17, 15) is 13.2 Å². The minimum atomic E-state index is -2.10. The van der Waals surface area contributed by atoms with Crippen LogP contribution in [0.5, 0.6) is 0 Å². The van der Waals surface area contributed by atoms with Crippen molar-refractivity contribution in [3.05, 3.63) is 35.9 Å². The molecule has 5 nitrogen and oxygen atoms in total. The van der Waals surface area contributed by atoms with Gasteiger partial charge in [0.15, 0.2) is 0 Å². The molecule has 1 aliphatic heterocycles. The van der Waals surface area contributed by atoms with Crippen molar-refractivity contribution in [2.75, 3.05) is 13.1 Å². The molecule has 0 radical (unpaired) electrons. The van der Waals surface area contributed by atoms with Gasteiger partial charge in [-0.05, 0) is 10.8 Å². The van der Waals surface area contributed by atoms with Crippen LogP contribution in [0.3, 0.4) is 0 Å². The van der Waals surface area contributed by atoms with E-state index in [1.807, 2.05) is 30.3 Å². The van der Waals surface area contributed by atoms with Gasteiger partial charge in [0, 0.05) is 13.1 Å². The van der Waals surface area contributed by atoms with Gasteiger partial charge in [-0.15, -0.1) is 0 Å². The van der Waals surface area contributed by atoms with Gasteiger partial charge in [-0.25, -0.2) is 4.79 Å². The number of likely N-dealkylation sites (tertiary alicyclic amines) is 1. The number of hydrogen-bond donors (Lipinski definition) is 0. The van der Waals surface area contributed by atoms with Crippen LogP contribution in [-0.2, 0) is 30.5 Å². The number of amides is 1. The summed E-state index contributed by atoms with van der Waals surface area (Å²) in [4.78, 5) is 12.8. The van der Waals surface area contributed by atoms with Crippen LogP contribution >= 0.6 is 0 Å². The van der Waals surface area contributed by atoms with E-state index in [1.54, 1.807) is 0 Å². The average Bonchev–Trinajstić information content (AvgIpc) is 2.25. The third-order valence-electron chi connectivity index (χ3n) is 2.58. The molecule has 1 aromatic carbocycles. The molecule has 1 saturated heterocycles. The summed E-state index contributed by atoms with van der Waals surface area (Å²) in [6.07, 6.45) is -0.462. The number of ether oxygens (including phenoxy) is 1. The molecular formula is C11H12NNaO4S. The van der Waals surface area contributed by atoms with Gasteiger partial charge >= 0.3 is 35.7 Å². The minimum Gasteiger partial charge on any atom is -0.445 e. The molecule has 0 atom stereocenters. The van der Waals surface area contributed by atoms with Gasteiger partial charge in [0.1, 0.15) is 6.61 Å². The Balaban J connectivity index is 0.00000162. The molecule has 0 spiro atoms. The van der Waals surface area contributed by atoms with Crippen LogP contribution in [0, 0.1) is 0 Å². The van der Waals surface area contributed by atoms with E-state index in [2.05, 4.69) is 0 Å². The molecule has 1 fully saturated rings. The standard InChI is InChI=1S/C11H12NO4S.Na/c13-11(12-6-10(7-12)17(14)15)16-8-9-4-2-1-3-5-9;/h1-5,10H,6-8H2;/q-1;+1. The zero-order valence-corrected chi connectivity index (χ0v) is 12.9. The fourth-order valence-corrected chi connectivity index (χ4v) is 2.12. The van der Waals surface area contributed by atoms with Crippen molar-refractivity contribution in [2.24, 2.45) is 0 Å². The molecule has 0 unspecified atom stereocenters. The molecule has 2 rings (SSSR count). The van der Waals surface area contributed by atoms with Crippen molar-refractivity contribution in [1.82, 2.24) is 4.90 Å². The third kappa shape index (κ3) is 3.98. The fraction of sp³-hybridized carbons (Fsp3) is 0.364. The largest absolute Gasteiger partial charge is 1.00 e. The summed E-state index contributed by atoms with van der Waals surface area (Å²) in [6.45, 7) is 0.661. The van der Waals surface area contributed by atoms with E-state index >= 15 is 0 Å². The molecule has 1 aromatic rings. The van der Waals surface area contributed by atoms with E-state index in [-0.39, 0.29) is 49.3 Å². The Hall–Kier alpha value is -0.560. The summed E-state index contributed by atoms with van der Waals surface area (Å²) in [7, 11) is -2.10. The number of benzene rings is 1.